The number of ether oxygens (including phenoxy) is 6. The molecule has 0 saturated heterocycles. The Labute approximate surface area is 203 Å². The zero-order valence-corrected chi connectivity index (χ0v) is 19.5. The van der Waals surface area contributed by atoms with Gasteiger partial charge in [0, 0.05) is 0 Å². The number of benzene rings is 2. The normalized spacial score (nSPS) is 10.1. The summed E-state index contributed by atoms with van der Waals surface area (Å²) in [7, 11) is 2.08. The van der Waals surface area contributed by atoms with E-state index in [1.807, 2.05) is 0 Å². The molecule has 11 heteroatoms. The van der Waals surface area contributed by atoms with Gasteiger partial charge in [-0.3, -0.25) is 0 Å². The minimum atomic E-state index is -1.22. The van der Waals surface area contributed by atoms with Gasteiger partial charge in [0.05, 0.1) is 14.2 Å². The number of carbonyl (C=O) groups excluding carboxylic acids is 4. The Morgan fingerprint density at radius 1 is 0.629 bits per heavy atom. The molecule has 0 aliphatic carbocycles. The number of carbonyl (C=O) groups is 4. The highest BCUT2D eigenvalue weighted by atomic mass is 32.1. The second-order valence-corrected chi connectivity index (χ2v) is 7.68. The smallest absolute Gasteiger partial charge is 0.457 e. The molecule has 0 saturated carbocycles. The first-order valence-electron chi connectivity index (χ1n) is 10.0. The number of methoxy groups -OCH3 is 2. The van der Waals surface area contributed by atoms with Crippen LogP contribution in [0.15, 0.2) is 60.7 Å². The van der Waals surface area contributed by atoms with Gasteiger partial charge in [-0.05, 0) is 11.1 Å². The van der Waals surface area contributed by atoms with Crippen molar-refractivity contribution < 1.29 is 47.6 Å². The average molecular weight is 500 g/mol. The first kappa shape index (κ1) is 25.2. The lowest BCUT2D eigenvalue weighted by atomic mass is 10.2. The fraction of sp³-hybridized carbons (Fsp3) is 0.167. The molecular weight excluding hydrogens is 480 g/mol. The first-order chi connectivity index (χ1) is 16.9. The summed E-state index contributed by atoms with van der Waals surface area (Å²) < 4.78 is 29.6. The zero-order valence-electron chi connectivity index (χ0n) is 18.7. The number of hydrogen-bond donors (Lipinski definition) is 0. The Balaban J connectivity index is 1.94. The third-order valence-corrected chi connectivity index (χ3v) is 5.44. The topological polar surface area (TPSA) is 124 Å². The Morgan fingerprint density at radius 2 is 1.00 bits per heavy atom. The largest absolute Gasteiger partial charge is 0.513 e. The summed E-state index contributed by atoms with van der Waals surface area (Å²) in [4.78, 5) is 48.8. The van der Waals surface area contributed by atoms with E-state index in [0.29, 0.717) is 22.5 Å². The van der Waals surface area contributed by atoms with E-state index in [2.05, 4.69) is 9.47 Å². The number of esters is 2. The molecule has 0 spiro atoms. The van der Waals surface area contributed by atoms with Crippen molar-refractivity contribution in [3.8, 4) is 11.5 Å². The van der Waals surface area contributed by atoms with Gasteiger partial charge in [0.1, 0.15) is 13.2 Å². The Hall–Kier alpha value is -4.38. The van der Waals surface area contributed by atoms with Crippen LogP contribution in [0.5, 0.6) is 11.5 Å². The fourth-order valence-electron chi connectivity index (χ4n) is 2.68. The van der Waals surface area contributed by atoms with Gasteiger partial charge < -0.3 is 28.4 Å². The average Bonchev–Trinajstić information content (AvgIpc) is 3.24. The highest BCUT2D eigenvalue weighted by Crippen LogP contribution is 2.44. The molecule has 0 fully saturated rings. The number of hydrogen-bond acceptors (Lipinski definition) is 11. The molecule has 0 aliphatic rings. The van der Waals surface area contributed by atoms with Gasteiger partial charge in [-0.2, -0.15) is 0 Å². The van der Waals surface area contributed by atoms with Crippen LogP contribution in [0.4, 0.5) is 9.59 Å². The molecule has 0 unspecified atom stereocenters. The van der Waals surface area contributed by atoms with Crippen molar-refractivity contribution in [2.45, 2.75) is 13.2 Å². The Morgan fingerprint density at radius 3 is 1.34 bits per heavy atom. The third-order valence-electron chi connectivity index (χ3n) is 4.32. The lowest BCUT2D eigenvalue weighted by Gasteiger charge is -2.09. The van der Waals surface area contributed by atoms with Crippen LogP contribution in [0, 0.1) is 0 Å². The fourth-order valence-corrected chi connectivity index (χ4v) is 3.63. The van der Waals surface area contributed by atoms with Crippen LogP contribution >= 0.6 is 11.3 Å². The Bertz CT molecular complexity index is 1100. The summed E-state index contributed by atoms with van der Waals surface area (Å²) in [6, 6.07) is 17.6. The van der Waals surface area contributed by atoms with Crippen LogP contribution < -0.4 is 9.47 Å². The molecule has 1 aromatic heterocycles. The predicted octanol–water partition coefficient (Wildman–Crippen LogP) is 4.75. The third kappa shape index (κ3) is 6.81. The summed E-state index contributed by atoms with van der Waals surface area (Å²) in [6.07, 6.45) is -2.45. The standard InChI is InChI=1S/C24H20O10S/c1-29-23(27)33-17-18(34-24(28)30-2)20(22(26)32-14-16-11-7-4-8-12-16)35-19(17)21(25)31-13-15-9-5-3-6-10-15/h3-12H,13-14H2,1-2H3. The summed E-state index contributed by atoms with van der Waals surface area (Å²) in [6.45, 7) is -0.202. The summed E-state index contributed by atoms with van der Waals surface area (Å²) in [5.41, 5.74) is 1.39. The van der Waals surface area contributed by atoms with Crippen LogP contribution in [-0.4, -0.2) is 38.5 Å². The SMILES string of the molecule is COC(=O)Oc1c(C(=O)OCc2ccccc2)sc(C(=O)OCc2ccccc2)c1OC(=O)OC. The maximum atomic E-state index is 12.9. The van der Waals surface area contributed by atoms with Gasteiger partial charge in [0.15, 0.2) is 9.75 Å². The second-order valence-electron chi connectivity index (χ2n) is 6.65. The molecule has 0 radical (unpaired) electrons. The molecule has 3 aromatic rings. The maximum absolute atomic E-state index is 12.9. The molecule has 182 valence electrons. The van der Waals surface area contributed by atoms with Gasteiger partial charge in [0.25, 0.3) is 0 Å². The van der Waals surface area contributed by atoms with E-state index in [1.54, 1.807) is 60.7 Å². The van der Waals surface area contributed by atoms with Crippen LogP contribution in [-0.2, 0) is 32.2 Å². The van der Waals surface area contributed by atoms with Crippen LogP contribution in [0.2, 0.25) is 0 Å². The number of rotatable bonds is 8. The van der Waals surface area contributed by atoms with Gasteiger partial charge in [-0.25, -0.2) is 19.2 Å². The van der Waals surface area contributed by atoms with Crippen molar-refractivity contribution >= 4 is 35.6 Å². The molecule has 0 bridgehead atoms. The number of thiophene rings is 1. The van der Waals surface area contributed by atoms with Crippen LogP contribution in [0.25, 0.3) is 0 Å². The molecule has 35 heavy (non-hydrogen) atoms. The molecule has 2 aromatic carbocycles. The van der Waals surface area contributed by atoms with E-state index >= 15 is 0 Å². The molecule has 1 heterocycles. The van der Waals surface area contributed by atoms with Gasteiger partial charge in [-0.1, -0.05) is 60.7 Å². The molecule has 10 nitrogen and oxygen atoms in total. The van der Waals surface area contributed by atoms with Crippen molar-refractivity contribution in [3.05, 3.63) is 81.5 Å². The van der Waals surface area contributed by atoms with E-state index in [-0.39, 0.29) is 23.0 Å². The van der Waals surface area contributed by atoms with E-state index < -0.39 is 35.7 Å². The summed E-state index contributed by atoms with van der Waals surface area (Å²) in [5.74, 6) is -2.96. The molecular formula is C24H20O10S. The van der Waals surface area contributed by atoms with Crippen LogP contribution in [0.1, 0.15) is 30.5 Å². The van der Waals surface area contributed by atoms with E-state index in [0.717, 1.165) is 14.2 Å². The van der Waals surface area contributed by atoms with Gasteiger partial charge in [-0.15, -0.1) is 11.3 Å². The van der Waals surface area contributed by atoms with E-state index in [1.165, 1.54) is 0 Å². The lowest BCUT2D eigenvalue weighted by Crippen LogP contribution is -2.14. The second kappa shape index (κ2) is 12.2. The molecule has 0 N–H and O–H groups in total. The lowest BCUT2D eigenvalue weighted by molar-refractivity contribution is 0.0462. The summed E-state index contributed by atoms with van der Waals surface area (Å²) >= 11 is 0.563. The van der Waals surface area contributed by atoms with Crippen molar-refractivity contribution in [2.24, 2.45) is 0 Å². The quantitative estimate of drug-likeness (QED) is 0.316. The molecule has 0 aliphatic heterocycles. The first-order valence-corrected chi connectivity index (χ1v) is 10.8. The van der Waals surface area contributed by atoms with Crippen molar-refractivity contribution in [2.75, 3.05) is 14.2 Å². The highest BCUT2D eigenvalue weighted by Gasteiger charge is 2.34. The maximum Gasteiger partial charge on any atom is 0.513 e. The highest BCUT2D eigenvalue weighted by molar-refractivity contribution is 7.16. The van der Waals surface area contributed by atoms with Crippen LogP contribution in [0.3, 0.4) is 0 Å². The molecule has 0 amide bonds. The van der Waals surface area contributed by atoms with Crippen molar-refractivity contribution in [1.29, 1.82) is 0 Å². The van der Waals surface area contributed by atoms with E-state index in [4.69, 9.17) is 18.9 Å². The predicted molar refractivity (Wildman–Crippen MR) is 122 cm³/mol. The monoisotopic (exact) mass is 500 g/mol. The molecule has 0 atom stereocenters. The van der Waals surface area contributed by atoms with Gasteiger partial charge in [0.2, 0.25) is 11.5 Å². The van der Waals surface area contributed by atoms with E-state index in [9.17, 15) is 19.2 Å². The summed E-state index contributed by atoms with van der Waals surface area (Å²) in [5, 5.41) is 0. The molecule has 3 rings (SSSR count). The zero-order chi connectivity index (χ0) is 25.2. The minimum Gasteiger partial charge on any atom is -0.457 e. The minimum absolute atomic E-state index is 0.101. The van der Waals surface area contributed by atoms with Crippen molar-refractivity contribution in [1.82, 2.24) is 0 Å². The Kier molecular flexibility index (Phi) is 8.79. The van der Waals surface area contributed by atoms with Crippen molar-refractivity contribution in [3.63, 3.8) is 0 Å². The van der Waals surface area contributed by atoms with Gasteiger partial charge >= 0.3 is 24.2 Å².